The summed E-state index contributed by atoms with van der Waals surface area (Å²) in [6.07, 6.45) is 0. The monoisotopic (exact) mass is 480 g/mol. The summed E-state index contributed by atoms with van der Waals surface area (Å²) >= 11 is 7.64. The molecule has 0 radical (unpaired) electrons. The Morgan fingerprint density at radius 3 is 1.16 bits per heavy atom. The molecule has 0 nitrogen and oxygen atoms in total. The Morgan fingerprint density at radius 1 is 0.344 bits per heavy atom. The largest absolute Gasteiger partial charge is 0.141 e. The van der Waals surface area contributed by atoms with E-state index in [-0.39, 0.29) is 0 Å². The van der Waals surface area contributed by atoms with E-state index in [1.54, 1.807) is 0 Å². The van der Waals surface area contributed by atoms with Crippen molar-refractivity contribution >= 4 is 117 Å². The highest BCUT2D eigenvalue weighted by molar-refractivity contribution is 7.27. The third-order valence-corrected chi connectivity index (χ3v) is 10.8. The second kappa shape index (κ2) is 6.09. The van der Waals surface area contributed by atoms with Crippen molar-refractivity contribution in [3.63, 3.8) is 0 Å². The maximum Gasteiger partial charge on any atom is 0.0362 e. The Balaban J connectivity index is 1.45. The molecule has 0 saturated carbocycles. The van der Waals surface area contributed by atoms with Gasteiger partial charge in [-0.1, -0.05) is 0 Å². The number of aryl methyl sites for hydroxylation is 2. The Hall–Kier alpha value is -2.50. The number of hydrogen-bond acceptors (Lipinski definition) is 4. The molecule has 8 aromatic rings. The average molecular weight is 481 g/mol. The number of rotatable bonds is 0. The maximum absolute atomic E-state index is 2.42. The van der Waals surface area contributed by atoms with E-state index >= 15 is 0 Å². The fourth-order valence-electron chi connectivity index (χ4n) is 5.12. The minimum absolute atomic E-state index is 1.34. The third kappa shape index (κ3) is 2.41. The first-order chi connectivity index (χ1) is 15.6. The van der Waals surface area contributed by atoms with E-state index in [9.17, 15) is 0 Å². The molecule has 0 spiro atoms. The van der Waals surface area contributed by atoms with Gasteiger partial charge in [0, 0.05) is 59.5 Å². The van der Waals surface area contributed by atoms with Gasteiger partial charge in [-0.05, 0) is 96.1 Å². The Morgan fingerprint density at radius 2 is 0.719 bits per heavy atom. The second-order valence-corrected chi connectivity index (χ2v) is 13.5. The molecule has 0 fully saturated rings. The lowest BCUT2D eigenvalue weighted by Crippen LogP contribution is -1.74. The van der Waals surface area contributed by atoms with E-state index in [1.165, 1.54) is 81.0 Å². The van der Waals surface area contributed by atoms with Gasteiger partial charge in [0.25, 0.3) is 0 Å². The Labute approximate surface area is 199 Å². The lowest BCUT2D eigenvalue weighted by Gasteiger charge is -2.01. The molecule has 0 amide bonds. The molecule has 4 aromatic heterocycles. The number of benzene rings is 4. The van der Waals surface area contributed by atoms with Crippen molar-refractivity contribution < 1.29 is 0 Å². The van der Waals surface area contributed by atoms with E-state index in [4.69, 9.17) is 0 Å². The fraction of sp³-hybridized carbons (Fsp3) is 0.0714. The maximum atomic E-state index is 2.42. The number of thiophene rings is 4. The van der Waals surface area contributed by atoms with Gasteiger partial charge in [0.1, 0.15) is 0 Å². The lowest BCUT2D eigenvalue weighted by atomic mass is 10.0. The first-order valence-electron chi connectivity index (χ1n) is 10.7. The molecule has 4 heteroatoms. The minimum Gasteiger partial charge on any atom is -0.141 e. The summed E-state index contributed by atoms with van der Waals surface area (Å²) in [4.78, 5) is 2.77. The van der Waals surface area contributed by atoms with Crippen LogP contribution >= 0.6 is 45.3 Å². The highest BCUT2D eigenvalue weighted by atomic mass is 32.1. The van der Waals surface area contributed by atoms with Gasteiger partial charge in [0.2, 0.25) is 0 Å². The van der Waals surface area contributed by atoms with Gasteiger partial charge < -0.3 is 0 Å². The van der Waals surface area contributed by atoms with Crippen molar-refractivity contribution in [2.75, 3.05) is 0 Å². The normalized spacial score (nSPS) is 12.7. The number of fused-ring (bicyclic) bond motifs is 9. The van der Waals surface area contributed by atoms with Crippen LogP contribution in [0.15, 0.2) is 60.7 Å². The molecule has 0 N–H and O–H groups in total. The highest BCUT2D eigenvalue weighted by Crippen LogP contribution is 2.43. The van der Waals surface area contributed by atoms with Crippen LogP contribution in [0.5, 0.6) is 0 Å². The summed E-state index contributed by atoms with van der Waals surface area (Å²) in [5, 5.41) is 11.0. The molecular formula is C28H16S4. The van der Waals surface area contributed by atoms with E-state index in [0.717, 1.165) is 0 Å². The summed E-state index contributed by atoms with van der Waals surface area (Å²) in [6, 6.07) is 23.8. The smallest absolute Gasteiger partial charge is 0.0362 e. The first kappa shape index (κ1) is 18.0. The summed E-state index contributed by atoms with van der Waals surface area (Å²) in [6.45, 7) is 4.40. The van der Waals surface area contributed by atoms with Crippen LogP contribution in [0.1, 0.15) is 9.75 Å². The zero-order valence-electron chi connectivity index (χ0n) is 17.4. The van der Waals surface area contributed by atoms with Crippen LogP contribution in [0, 0.1) is 13.8 Å². The van der Waals surface area contributed by atoms with E-state index in [2.05, 4.69) is 74.5 Å². The summed E-state index contributed by atoms with van der Waals surface area (Å²) in [7, 11) is 0. The summed E-state index contributed by atoms with van der Waals surface area (Å²) in [5.41, 5.74) is 0. The van der Waals surface area contributed by atoms with Gasteiger partial charge in [-0.2, -0.15) is 0 Å². The molecular weight excluding hydrogens is 465 g/mol. The summed E-state index contributed by atoms with van der Waals surface area (Å²) in [5.74, 6) is 0. The molecule has 0 aliphatic carbocycles. The topological polar surface area (TPSA) is 0 Å². The second-order valence-electron chi connectivity index (χ2n) is 8.73. The van der Waals surface area contributed by atoms with Crippen molar-refractivity contribution in [3.05, 3.63) is 70.4 Å². The van der Waals surface area contributed by atoms with Crippen molar-refractivity contribution in [1.29, 1.82) is 0 Å². The van der Waals surface area contributed by atoms with Crippen LogP contribution in [0.3, 0.4) is 0 Å². The van der Waals surface area contributed by atoms with Crippen molar-refractivity contribution in [2.24, 2.45) is 0 Å². The van der Waals surface area contributed by atoms with Gasteiger partial charge in [0.05, 0.1) is 0 Å². The standard InChI is InChI=1S/C28H16S4/c1-13-3-17-9-27-21(11-23(17)29-13)19-5-15-8-26-20(6-16(15)7-25(19)31-27)22-12-24-18(4-14(2)30-24)10-28(22)32-26/h3-12H,1-2H3. The fourth-order valence-corrected chi connectivity index (χ4v) is 9.35. The summed E-state index contributed by atoms with van der Waals surface area (Å²) < 4.78 is 8.34. The minimum atomic E-state index is 1.34. The molecule has 4 aromatic carbocycles. The quantitative estimate of drug-likeness (QED) is 0.202. The molecule has 0 atom stereocenters. The molecule has 0 aliphatic rings. The zero-order valence-corrected chi connectivity index (χ0v) is 20.7. The van der Waals surface area contributed by atoms with Gasteiger partial charge >= 0.3 is 0 Å². The van der Waals surface area contributed by atoms with E-state index in [0.29, 0.717) is 0 Å². The first-order valence-corrected chi connectivity index (χ1v) is 13.9. The molecule has 0 bridgehead atoms. The zero-order chi connectivity index (χ0) is 21.1. The Bertz CT molecular complexity index is 1910. The highest BCUT2D eigenvalue weighted by Gasteiger charge is 2.13. The predicted octanol–water partition coefficient (Wildman–Crippen LogP) is 10.6. The van der Waals surface area contributed by atoms with Gasteiger partial charge in [0.15, 0.2) is 0 Å². The Kier molecular flexibility index (Phi) is 3.42. The van der Waals surface area contributed by atoms with E-state index < -0.39 is 0 Å². The molecule has 0 saturated heterocycles. The molecule has 4 heterocycles. The van der Waals surface area contributed by atoms with Crippen LogP contribution < -0.4 is 0 Å². The lowest BCUT2D eigenvalue weighted by molar-refractivity contribution is 1.66. The van der Waals surface area contributed by atoms with Crippen LogP contribution in [0.25, 0.3) is 71.3 Å². The van der Waals surface area contributed by atoms with Gasteiger partial charge in [-0.3, -0.25) is 0 Å². The molecule has 152 valence electrons. The van der Waals surface area contributed by atoms with Gasteiger partial charge in [-0.25, -0.2) is 0 Å². The molecule has 8 rings (SSSR count). The predicted molar refractivity (Wildman–Crippen MR) is 150 cm³/mol. The van der Waals surface area contributed by atoms with Crippen LogP contribution in [0.4, 0.5) is 0 Å². The van der Waals surface area contributed by atoms with Crippen LogP contribution in [-0.4, -0.2) is 0 Å². The van der Waals surface area contributed by atoms with Crippen molar-refractivity contribution in [1.82, 2.24) is 0 Å². The van der Waals surface area contributed by atoms with Crippen molar-refractivity contribution in [2.45, 2.75) is 13.8 Å². The SMILES string of the molecule is Cc1cc2cc3sc4cc5cc6c(cc5cc4c3cc2s1)sc1cc2cc(C)sc2cc16. The van der Waals surface area contributed by atoms with Crippen LogP contribution in [-0.2, 0) is 0 Å². The molecule has 32 heavy (non-hydrogen) atoms. The van der Waals surface area contributed by atoms with E-state index in [1.807, 2.05) is 45.3 Å². The third-order valence-electron chi connectivity index (χ3n) is 6.54. The average Bonchev–Trinajstić information content (AvgIpc) is 3.48. The van der Waals surface area contributed by atoms with Crippen LogP contribution in [0.2, 0.25) is 0 Å². The van der Waals surface area contributed by atoms with Crippen molar-refractivity contribution in [3.8, 4) is 0 Å². The number of hydrogen-bond donors (Lipinski definition) is 0. The van der Waals surface area contributed by atoms with Gasteiger partial charge in [-0.15, -0.1) is 45.3 Å². The molecule has 0 unspecified atom stereocenters. The molecule has 0 aliphatic heterocycles.